The number of hydrogen-bond donors (Lipinski definition) is 1. The van der Waals surface area contributed by atoms with E-state index in [9.17, 15) is 4.79 Å². The lowest BCUT2D eigenvalue weighted by molar-refractivity contribution is 0.218. The molecule has 0 saturated heterocycles. The molecule has 0 aliphatic carbocycles. The molecule has 0 fully saturated rings. The minimum absolute atomic E-state index is 0.0694. The summed E-state index contributed by atoms with van der Waals surface area (Å²) in [6.07, 6.45) is 0. The predicted molar refractivity (Wildman–Crippen MR) is 91.7 cm³/mol. The quantitative estimate of drug-likeness (QED) is 0.558. The van der Waals surface area contributed by atoms with Crippen LogP contribution >= 0.6 is 45.5 Å². The molecule has 2 amide bonds. The summed E-state index contributed by atoms with van der Waals surface area (Å²) < 4.78 is 1.23. The molecule has 2 aromatic rings. The first-order valence-electron chi connectivity index (χ1n) is 6.07. The Morgan fingerprint density at radius 2 is 2.20 bits per heavy atom. The highest BCUT2D eigenvalue weighted by Gasteiger charge is 2.21. The first kappa shape index (κ1) is 14.2. The molecule has 20 heavy (non-hydrogen) atoms. The van der Waals surface area contributed by atoms with Crippen LogP contribution in [0.5, 0.6) is 0 Å². The summed E-state index contributed by atoms with van der Waals surface area (Å²) in [5, 5.41) is 4.80. The van der Waals surface area contributed by atoms with E-state index in [2.05, 4.69) is 45.4 Å². The van der Waals surface area contributed by atoms with E-state index in [1.807, 2.05) is 12.1 Å². The van der Waals surface area contributed by atoms with Crippen molar-refractivity contribution in [1.82, 2.24) is 4.90 Å². The van der Waals surface area contributed by atoms with E-state index in [4.69, 9.17) is 11.6 Å². The maximum Gasteiger partial charge on any atom is 0.321 e. The van der Waals surface area contributed by atoms with Crippen LogP contribution in [0.25, 0.3) is 0 Å². The van der Waals surface area contributed by atoms with Crippen LogP contribution < -0.4 is 5.32 Å². The van der Waals surface area contributed by atoms with Crippen molar-refractivity contribution >= 4 is 57.2 Å². The summed E-state index contributed by atoms with van der Waals surface area (Å²) in [7, 11) is 1.78. The summed E-state index contributed by atoms with van der Waals surface area (Å²) in [6.45, 7) is 0.611. The Morgan fingerprint density at radius 1 is 1.40 bits per heavy atom. The van der Waals surface area contributed by atoms with Gasteiger partial charge in [-0.05, 0) is 56.8 Å². The van der Waals surface area contributed by atoms with Crippen LogP contribution in [0.15, 0.2) is 29.6 Å². The number of nitrogens with one attached hydrogen (secondary N) is 1. The zero-order chi connectivity index (χ0) is 14.3. The van der Waals surface area contributed by atoms with Gasteiger partial charge in [0.15, 0.2) is 0 Å². The van der Waals surface area contributed by atoms with Crippen molar-refractivity contribution in [1.29, 1.82) is 0 Å². The molecular weight excluding hydrogens is 407 g/mol. The zero-order valence-electron chi connectivity index (χ0n) is 10.7. The molecule has 1 aromatic heterocycles. The summed E-state index contributed by atoms with van der Waals surface area (Å²) in [5.41, 5.74) is 4.15. The standard InChI is InChI=1S/C14H12ClIN2OS/c1-18-6-9-4-8(2-3-11(9)17-14(18)19)13(15)10-5-12(16)20-7-10/h2-5,7,13H,6H2,1H3,(H,17,19). The molecule has 3 nitrogen and oxygen atoms in total. The van der Waals surface area contributed by atoms with Crippen LogP contribution in [0.4, 0.5) is 10.5 Å². The molecule has 1 aliphatic heterocycles. The highest BCUT2D eigenvalue weighted by molar-refractivity contribution is 14.1. The van der Waals surface area contributed by atoms with Crippen molar-refractivity contribution in [3.63, 3.8) is 0 Å². The molecule has 1 atom stereocenters. The van der Waals surface area contributed by atoms with Gasteiger partial charge in [0.1, 0.15) is 0 Å². The highest BCUT2D eigenvalue weighted by atomic mass is 127. The van der Waals surface area contributed by atoms with Crippen molar-refractivity contribution in [2.75, 3.05) is 12.4 Å². The Kier molecular flexibility index (Phi) is 3.92. The Labute approximate surface area is 140 Å². The molecule has 0 saturated carbocycles. The maximum absolute atomic E-state index is 11.6. The van der Waals surface area contributed by atoms with Gasteiger partial charge in [0, 0.05) is 19.3 Å². The number of amides is 2. The predicted octanol–water partition coefficient (Wildman–Crippen LogP) is 4.66. The van der Waals surface area contributed by atoms with Crippen molar-refractivity contribution in [3.05, 3.63) is 49.2 Å². The second kappa shape index (κ2) is 5.54. The molecule has 0 bridgehead atoms. The molecule has 1 unspecified atom stereocenters. The second-order valence-corrected chi connectivity index (χ2v) is 7.99. The number of hydrogen-bond acceptors (Lipinski definition) is 2. The number of fused-ring (bicyclic) bond motifs is 1. The van der Waals surface area contributed by atoms with E-state index < -0.39 is 0 Å². The largest absolute Gasteiger partial charge is 0.323 e. The van der Waals surface area contributed by atoms with E-state index in [0.717, 1.165) is 22.4 Å². The van der Waals surface area contributed by atoms with Gasteiger partial charge in [-0.25, -0.2) is 4.79 Å². The van der Waals surface area contributed by atoms with Crippen LogP contribution in [0.1, 0.15) is 22.1 Å². The SMILES string of the molecule is CN1Cc2cc(C(Cl)c3csc(I)c3)ccc2NC1=O. The minimum Gasteiger partial charge on any atom is -0.323 e. The third kappa shape index (κ3) is 2.66. The Morgan fingerprint density at radius 3 is 2.90 bits per heavy atom. The number of halogens is 2. The maximum atomic E-state index is 11.6. The summed E-state index contributed by atoms with van der Waals surface area (Å²) in [5.74, 6) is 0. The Bertz CT molecular complexity index is 673. The van der Waals surface area contributed by atoms with Crippen molar-refractivity contribution in [3.8, 4) is 0 Å². The molecule has 0 radical (unpaired) electrons. The smallest absolute Gasteiger partial charge is 0.321 e. The lowest BCUT2D eigenvalue weighted by atomic mass is 10.0. The number of carbonyl (C=O) groups is 1. The van der Waals surface area contributed by atoms with Crippen molar-refractivity contribution in [2.45, 2.75) is 11.9 Å². The molecular formula is C14H12ClIN2OS. The monoisotopic (exact) mass is 418 g/mol. The number of nitrogens with zero attached hydrogens (tertiary/aromatic N) is 1. The number of rotatable bonds is 2. The third-order valence-corrected chi connectivity index (χ3v) is 5.61. The second-order valence-electron chi connectivity index (χ2n) is 4.75. The molecule has 1 N–H and O–H groups in total. The number of carbonyl (C=O) groups excluding carboxylic acids is 1. The van der Waals surface area contributed by atoms with Gasteiger partial charge in [0.2, 0.25) is 0 Å². The van der Waals surface area contributed by atoms with E-state index in [-0.39, 0.29) is 11.4 Å². The first-order chi connectivity index (χ1) is 9.54. The molecule has 1 aliphatic rings. The molecule has 2 heterocycles. The number of anilines is 1. The Balaban J connectivity index is 1.92. The van der Waals surface area contributed by atoms with Gasteiger partial charge in [0.25, 0.3) is 0 Å². The first-order valence-corrected chi connectivity index (χ1v) is 8.47. The number of urea groups is 1. The van der Waals surface area contributed by atoms with Gasteiger partial charge < -0.3 is 10.2 Å². The zero-order valence-corrected chi connectivity index (χ0v) is 14.4. The van der Waals surface area contributed by atoms with Crippen molar-refractivity contribution in [2.24, 2.45) is 0 Å². The summed E-state index contributed by atoms with van der Waals surface area (Å²) >= 11 is 10.5. The molecule has 0 spiro atoms. The normalized spacial score (nSPS) is 15.8. The fraction of sp³-hybridized carbons (Fsp3) is 0.214. The van der Waals surface area contributed by atoms with Gasteiger partial charge >= 0.3 is 6.03 Å². The van der Waals surface area contributed by atoms with Crippen LogP contribution in [-0.4, -0.2) is 18.0 Å². The number of alkyl halides is 1. The van der Waals surface area contributed by atoms with Gasteiger partial charge in [-0.1, -0.05) is 12.1 Å². The summed E-state index contributed by atoms with van der Waals surface area (Å²) in [4.78, 5) is 13.2. The van der Waals surface area contributed by atoms with Gasteiger partial charge in [-0.2, -0.15) is 0 Å². The van der Waals surface area contributed by atoms with E-state index in [1.165, 1.54) is 2.88 Å². The highest BCUT2D eigenvalue weighted by Crippen LogP contribution is 2.35. The Hall–Kier alpha value is -0.790. The molecule has 104 valence electrons. The van der Waals surface area contributed by atoms with Crippen LogP contribution in [0.3, 0.4) is 0 Å². The number of benzene rings is 1. The van der Waals surface area contributed by atoms with E-state index in [1.54, 1.807) is 23.3 Å². The van der Waals surface area contributed by atoms with Gasteiger partial charge in [0.05, 0.1) is 8.26 Å². The fourth-order valence-corrected chi connectivity index (χ4v) is 3.95. The number of thiophene rings is 1. The molecule has 6 heteroatoms. The summed E-state index contributed by atoms with van der Waals surface area (Å²) in [6, 6.07) is 8.03. The minimum atomic E-state index is -0.150. The average Bonchev–Trinajstić information content (AvgIpc) is 2.85. The topological polar surface area (TPSA) is 32.3 Å². The van der Waals surface area contributed by atoms with E-state index >= 15 is 0 Å². The van der Waals surface area contributed by atoms with Gasteiger partial charge in [-0.3, -0.25) is 0 Å². The average molecular weight is 419 g/mol. The fourth-order valence-electron chi connectivity index (χ4n) is 2.21. The lowest BCUT2D eigenvalue weighted by Gasteiger charge is -2.26. The van der Waals surface area contributed by atoms with Crippen LogP contribution in [0.2, 0.25) is 0 Å². The third-order valence-electron chi connectivity index (χ3n) is 3.30. The van der Waals surface area contributed by atoms with Crippen LogP contribution in [-0.2, 0) is 6.54 Å². The molecule has 1 aromatic carbocycles. The van der Waals surface area contributed by atoms with Crippen LogP contribution in [0, 0.1) is 2.88 Å². The van der Waals surface area contributed by atoms with E-state index in [0.29, 0.717) is 6.54 Å². The lowest BCUT2D eigenvalue weighted by Crippen LogP contribution is -2.35. The molecule has 3 rings (SSSR count). The van der Waals surface area contributed by atoms with Gasteiger partial charge in [-0.15, -0.1) is 22.9 Å². The van der Waals surface area contributed by atoms with Crippen molar-refractivity contribution < 1.29 is 4.79 Å².